The fraction of sp³-hybridized carbons (Fsp3) is 0.182. The van der Waals surface area contributed by atoms with Gasteiger partial charge >= 0.3 is 0 Å². The van der Waals surface area contributed by atoms with E-state index in [4.69, 9.17) is 16.3 Å². The second kappa shape index (κ2) is 13.2. The number of fused-ring (bicyclic) bond motifs is 5. The summed E-state index contributed by atoms with van der Waals surface area (Å²) in [5, 5.41) is 2.22. The standard InChI is InChI=1S/C27H17N2O.C17H20N.Ir/c1-3-13-23-17(7-1)15-16-18-8-5-12-22-25(18)29(23)27(28-22)21-11-6-10-20-19-9-2-4-14-24(19)30-26(20)21;1-13-12-18-16(14-8-6-5-7-9-14)10-15(13)11-17(2,3)4;/h1-10,12-14H,15-16H2;5-8,10,12H,11H2,1-4H3;/q2*-1;/i;1D3,11D2;. The van der Waals surface area contributed by atoms with Gasteiger partial charge in [0.05, 0.1) is 22.4 Å². The van der Waals surface area contributed by atoms with Crippen molar-refractivity contribution in [3.63, 3.8) is 0 Å². The molecule has 0 saturated carbocycles. The number of nitrogens with zero attached hydrogens (tertiary/aromatic N) is 3. The summed E-state index contributed by atoms with van der Waals surface area (Å²) in [7, 11) is 0. The van der Waals surface area contributed by atoms with Gasteiger partial charge in [-0.1, -0.05) is 91.9 Å². The second-order valence-corrected chi connectivity index (χ2v) is 13.1. The Labute approximate surface area is 308 Å². The number of para-hydroxylation sites is 3. The number of hydrogen-bond acceptors (Lipinski definition) is 3. The summed E-state index contributed by atoms with van der Waals surface area (Å²) in [4.78, 5) is 9.30. The SMILES string of the molecule is [2H]C([2H])([2H])c1cnc(-c2[c-]cccc2)cc1C([2H])([2H])C(C)(C)C.[Ir].[c-]1ccc2c(oc3ccccc32)c1-c1nc2cccc3c2n1-c1ccccc1CC3. The van der Waals surface area contributed by atoms with Crippen LogP contribution in [0.1, 0.15) is 49.9 Å². The molecule has 49 heavy (non-hydrogen) atoms. The Balaban J connectivity index is 0.000000171. The van der Waals surface area contributed by atoms with Crippen LogP contribution in [0.3, 0.4) is 0 Å². The summed E-state index contributed by atoms with van der Waals surface area (Å²) in [6, 6.07) is 42.6. The van der Waals surface area contributed by atoms with Crippen LogP contribution in [-0.2, 0) is 39.3 Å². The molecule has 0 fully saturated rings. The summed E-state index contributed by atoms with van der Waals surface area (Å²) >= 11 is 0. The molecule has 4 heterocycles. The van der Waals surface area contributed by atoms with Crippen molar-refractivity contribution in [3.05, 3.63) is 150 Å². The zero-order valence-electron chi connectivity index (χ0n) is 32.5. The van der Waals surface area contributed by atoms with Crippen LogP contribution in [0.2, 0.25) is 0 Å². The Bertz CT molecular complexity index is 2640. The molecule has 3 aromatic heterocycles. The van der Waals surface area contributed by atoms with Gasteiger partial charge in [-0.25, -0.2) is 0 Å². The smallest absolute Gasteiger partial charge is 0.120 e. The molecule has 9 rings (SSSR count). The molecular weight excluding hydrogens is 779 g/mol. The van der Waals surface area contributed by atoms with E-state index in [2.05, 4.69) is 76.3 Å². The minimum absolute atomic E-state index is 0. The Morgan fingerprint density at radius 1 is 0.857 bits per heavy atom. The van der Waals surface area contributed by atoms with Crippen molar-refractivity contribution in [2.24, 2.45) is 5.41 Å². The van der Waals surface area contributed by atoms with Crippen LogP contribution in [0.15, 0.2) is 120 Å². The summed E-state index contributed by atoms with van der Waals surface area (Å²) < 4.78 is 48.7. The van der Waals surface area contributed by atoms with Gasteiger partial charge in [-0.3, -0.25) is 4.98 Å². The molecule has 0 N–H and O–H groups in total. The van der Waals surface area contributed by atoms with Crippen molar-refractivity contribution < 1.29 is 31.4 Å². The molecule has 0 bridgehead atoms. The Kier molecular flexibility index (Phi) is 7.30. The van der Waals surface area contributed by atoms with E-state index in [1.807, 2.05) is 42.5 Å². The largest absolute Gasteiger partial charge is 0.501 e. The monoisotopic (exact) mass is 821 g/mol. The first kappa shape index (κ1) is 27.0. The Morgan fingerprint density at radius 2 is 1.65 bits per heavy atom. The van der Waals surface area contributed by atoms with E-state index in [0.29, 0.717) is 11.3 Å². The quantitative estimate of drug-likeness (QED) is 0.167. The van der Waals surface area contributed by atoms with Gasteiger partial charge in [0.15, 0.2) is 0 Å². The van der Waals surface area contributed by atoms with Gasteiger partial charge < -0.3 is 14.0 Å². The maximum absolute atomic E-state index is 8.48. The molecular formula is C44H37IrN3O-2. The van der Waals surface area contributed by atoms with Crippen molar-refractivity contribution in [1.29, 1.82) is 0 Å². The van der Waals surface area contributed by atoms with Gasteiger partial charge in [-0.2, -0.15) is 0 Å². The zero-order valence-corrected chi connectivity index (χ0v) is 29.9. The molecule has 5 aromatic carbocycles. The molecule has 0 unspecified atom stereocenters. The van der Waals surface area contributed by atoms with Crippen LogP contribution >= 0.6 is 0 Å². The van der Waals surface area contributed by atoms with Crippen LogP contribution in [0, 0.1) is 24.4 Å². The van der Waals surface area contributed by atoms with Crippen molar-refractivity contribution in [1.82, 2.24) is 14.5 Å². The van der Waals surface area contributed by atoms with E-state index in [1.54, 1.807) is 32.9 Å². The van der Waals surface area contributed by atoms with E-state index < -0.39 is 18.6 Å². The van der Waals surface area contributed by atoms with Crippen molar-refractivity contribution in [2.45, 2.75) is 46.8 Å². The van der Waals surface area contributed by atoms with Gasteiger partial charge in [0.2, 0.25) is 0 Å². The third-order valence-electron chi connectivity index (χ3n) is 8.62. The fourth-order valence-corrected chi connectivity index (χ4v) is 6.53. The predicted octanol–water partition coefficient (Wildman–Crippen LogP) is 10.9. The summed E-state index contributed by atoms with van der Waals surface area (Å²) in [5.74, 6) is 0.886. The van der Waals surface area contributed by atoms with Gasteiger partial charge in [-0.05, 0) is 72.1 Å². The topological polar surface area (TPSA) is 43.9 Å². The number of rotatable bonds is 3. The van der Waals surface area contributed by atoms with Crippen LogP contribution in [0.5, 0.6) is 0 Å². The van der Waals surface area contributed by atoms with Gasteiger partial charge in [0, 0.05) is 44.2 Å². The summed E-state index contributed by atoms with van der Waals surface area (Å²) in [6.07, 6.45) is 1.48. The Hall–Kier alpha value is -4.83. The molecule has 0 amide bonds. The molecule has 0 atom stereocenters. The fourth-order valence-electron chi connectivity index (χ4n) is 6.53. The van der Waals surface area contributed by atoms with Gasteiger partial charge in [-0.15, -0.1) is 54.1 Å². The molecule has 1 radical (unpaired) electrons. The van der Waals surface area contributed by atoms with Crippen LogP contribution in [-0.4, -0.2) is 14.5 Å². The van der Waals surface area contributed by atoms with E-state index in [9.17, 15) is 0 Å². The van der Waals surface area contributed by atoms with Crippen LogP contribution < -0.4 is 0 Å². The number of hydrogen-bond donors (Lipinski definition) is 0. The first-order valence-corrected chi connectivity index (χ1v) is 16.2. The molecule has 0 aliphatic carbocycles. The summed E-state index contributed by atoms with van der Waals surface area (Å²) in [5.41, 5.74) is 9.29. The van der Waals surface area contributed by atoms with E-state index in [-0.39, 0.29) is 31.2 Å². The van der Waals surface area contributed by atoms with Gasteiger partial charge in [0.1, 0.15) is 5.58 Å². The van der Waals surface area contributed by atoms with Gasteiger partial charge in [0.25, 0.3) is 0 Å². The average molecular weight is 821 g/mol. The normalized spacial score (nSPS) is 14.3. The van der Waals surface area contributed by atoms with Crippen LogP contribution in [0.4, 0.5) is 0 Å². The minimum atomic E-state index is -2.42. The van der Waals surface area contributed by atoms with E-state index in [0.717, 1.165) is 51.7 Å². The maximum Gasteiger partial charge on any atom is 0.120 e. The third kappa shape index (κ3) is 6.25. The second-order valence-electron chi connectivity index (χ2n) is 13.1. The van der Waals surface area contributed by atoms with Crippen molar-refractivity contribution >= 4 is 33.0 Å². The minimum Gasteiger partial charge on any atom is -0.501 e. The van der Waals surface area contributed by atoms with E-state index in [1.165, 1.54) is 28.5 Å². The van der Waals surface area contributed by atoms with Crippen molar-refractivity contribution in [2.75, 3.05) is 0 Å². The zero-order chi connectivity index (χ0) is 37.1. The predicted molar refractivity (Wildman–Crippen MR) is 196 cm³/mol. The molecule has 8 aromatic rings. The number of furan rings is 1. The number of benzene rings is 5. The molecule has 1 aliphatic rings. The third-order valence-corrected chi connectivity index (χ3v) is 8.62. The molecule has 0 saturated heterocycles. The molecule has 4 nitrogen and oxygen atoms in total. The number of pyridine rings is 1. The van der Waals surface area contributed by atoms with Crippen molar-refractivity contribution in [3.8, 4) is 28.3 Å². The summed E-state index contributed by atoms with van der Waals surface area (Å²) in [6.45, 7) is 2.85. The molecule has 245 valence electrons. The molecule has 0 spiro atoms. The first-order chi connectivity index (χ1) is 25.3. The molecule has 5 heteroatoms. The average Bonchev–Trinajstić information content (AvgIpc) is 3.67. The Morgan fingerprint density at radius 3 is 2.49 bits per heavy atom. The van der Waals surface area contributed by atoms with E-state index >= 15 is 0 Å². The maximum atomic E-state index is 8.48. The number of aromatic nitrogens is 3. The number of imidazole rings is 1. The molecule has 1 aliphatic heterocycles. The van der Waals surface area contributed by atoms with Crippen LogP contribution in [0.25, 0.3) is 61.3 Å². The number of aryl methyl sites for hydroxylation is 3. The first-order valence-electron chi connectivity index (χ1n) is 18.7.